The summed E-state index contributed by atoms with van der Waals surface area (Å²) < 4.78 is 7.05. The molecule has 5 nitrogen and oxygen atoms in total. The van der Waals surface area contributed by atoms with Crippen LogP contribution in [0.5, 0.6) is 5.75 Å². The number of para-hydroxylation sites is 1. The van der Waals surface area contributed by atoms with Crippen LogP contribution in [0, 0.1) is 13.8 Å². The normalized spacial score (nSPS) is 10.7. The number of aryl methyl sites for hydroxylation is 2. The first kappa shape index (κ1) is 16.8. The molecule has 1 amide bonds. The number of hydrogen-bond donors (Lipinski definition) is 1. The SMILES string of the molecule is COc1cccc(NC(=O)Cn2c(C)cc(=O)c3cccc(C)c32)c1. The summed E-state index contributed by atoms with van der Waals surface area (Å²) in [4.78, 5) is 24.7. The number of benzene rings is 2. The van der Waals surface area contributed by atoms with Crippen LogP contribution in [0.3, 0.4) is 0 Å². The number of fused-ring (bicyclic) bond motifs is 1. The Morgan fingerprint density at radius 1 is 1.12 bits per heavy atom. The molecule has 0 aliphatic carbocycles. The molecule has 0 saturated carbocycles. The molecular weight excluding hydrogens is 316 g/mol. The van der Waals surface area contributed by atoms with Crippen molar-refractivity contribution in [2.75, 3.05) is 12.4 Å². The number of ether oxygens (including phenoxy) is 1. The minimum Gasteiger partial charge on any atom is -0.497 e. The summed E-state index contributed by atoms with van der Waals surface area (Å²) in [6.45, 7) is 3.91. The van der Waals surface area contributed by atoms with Crippen molar-refractivity contribution in [2.24, 2.45) is 0 Å². The van der Waals surface area contributed by atoms with Gasteiger partial charge in [-0.3, -0.25) is 9.59 Å². The number of nitrogens with zero attached hydrogens (tertiary/aromatic N) is 1. The number of hydrogen-bond acceptors (Lipinski definition) is 3. The predicted octanol–water partition coefficient (Wildman–Crippen LogP) is 3.27. The van der Waals surface area contributed by atoms with Crippen LogP contribution in [0.1, 0.15) is 11.3 Å². The fourth-order valence-electron chi connectivity index (χ4n) is 2.99. The lowest BCUT2D eigenvalue weighted by molar-refractivity contribution is -0.116. The van der Waals surface area contributed by atoms with E-state index in [2.05, 4.69) is 5.32 Å². The topological polar surface area (TPSA) is 60.3 Å². The second-order valence-corrected chi connectivity index (χ2v) is 5.99. The van der Waals surface area contributed by atoms with Gasteiger partial charge in [0.05, 0.1) is 12.6 Å². The Morgan fingerprint density at radius 3 is 2.64 bits per heavy atom. The van der Waals surface area contributed by atoms with Gasteiger partial charge >= 0.3 is 0 Å². The van der Waals surface area contributed by atoms with Crippen molar-refractivity contribution in [3.63, 3.8) is 0 Å². The number of rotatable bonds is 4. The van der Waals surface area contributed by atoms with Crippen molar-refractivity contribution in [3.8, 4) is 5.75 Å². The first-order valence-electron chi connectivity index (χ1n) is 8.03. The largest absolute Gasteiger partial charge is 0.497 e. The number of nitrogens with one attached hydrogen (secondary N) is 1. The van der Waals surface area contributed by atoms with Gasteiger partial charge in [-0.15, -0.1) is 0 Å². The highest BCUT2D eigenvalue weighted by Crippen LogP contribution is 2.19. The maximum Gasteiger partial charge on any atom is 0.244 e. The highest BCUT2D eigenvalue weighted by atomic mass is 16.5. The molecule has 1 heterocycles. The average Bonchev–Trinajstić information content (AvgIpc) is 2.59. The summed E-state index contributed by atoms with van der Waals surface area (Å²) in [6.07, 6.45) is 0. The molecule has 0 aliphatic heterocycles. The van der Waals surface area contributed by atoms with E-state index in [-0.39, 0.29) is 17.9 Å². The minimum absolute atomic E-state index is 0.0272. The van der Waals surface area contributed by atoms with Gasteiger partial charge in [0, 0.05) is 28.9 Å². The van der Waals surface area contributed by atoms with Crippen LogP contribution in [-0.4, -0.2) is 17.6 Å². The molecule has 0 radical (unpaired) electrons. The number of amides is 1. The average molecular weight is 336 g/mol. The number of aromatic nitrogens is 1. The van der Waals surface area contributed by atoms with E-state index in [0.717, 1.165) is 16.8 Å². The second-order valence-electron chi connectivity index (χ2n) is 5.99. The molecular formula is C20H20N2O3. The van der Waals surface area contributed by atoms with Gasteiger partial charge in [-0.25, -0.2) is 0 Å². The zero-order valence-electron chi connectivity index (χ0n) is 14.5. The molecule has 0 spiro atoms. The van der Waals surface area contributed by atoms with E-state index in [0.29, 0.717) is 16.8 Å². The van der Waals surface area contributed by atoms with Gasteiger partial charge in [-0.1, -0.05) is 18.2 Å². The molecule has 5 heteroatoms. The zero-order chi connectivity index (χ0) is 18.0. The van der Waals surface area contributed by atoms with Gasteiger partial charge in [0.2, 0.25) is 5.91 Å². The lowest BCUT2D eigenvalue weighted by Gasteiger charge is -2.16. The summed E-state index contributed by atoms with van der Waals surface area (Å²) in [6, 6.07) is 14.4. The Kier molecular flexibility index (Phi) is 4.57. The van der Waals surface area contributed by atoms with E-state index in [9.17, 15) is 9.59 Å². The third kappa shape index (κ3) is 3.40. The van der Waals surface area contributed by atoms with Crippen molar-refractivity contribution >= 4 is 22.5 Å². The van der Waals surface area contributed by atoms with Crippen LogP contribution in [0.25, 0.3) is 10.9 Å². The number of methoxy groups -OCH3 is 1. The van der Waals surface area contributed by atoms with Crippen molar-refractivity contribution in [1.29, 1.82) is 0 Å². The van der Waals surface area contributed by atoms with Gasteiger partial charge in [0.15, 0.2) is 5.43 Å². The van der Waals surface area contributed by atoms with Gasteiger partial charge in [-0.2, -0.15) is 0 Å². The summed E-state index contributed by atoms with van der Waals surface area (Å²) in [5.41, 5.74) is 3.16. The van der Waals surface area contributed by atoms with Crippen molar-refractivity contribution in [2.45, 2.75) is 20.4 Å². The van der Waals surface area contributed by atoms with Gasteiger partial charge in [-0.05, 0) is 37.6 Å². The van der Waals surface area contributed by atoms with E-state index in [1.165, 1.54) is 0 Å². The van der Waals surface area contributed by atoms with E-state index in [1.807, 2.05) is 48.7 Å². The van der Waals surface area contributed by atoms with Gasteiger partial charge in [0.25, 0.3) is 0 Å². The predicted molar refractivity (Wildman–Crippen MR) is 99.3 cm³/mol. The van der Waals surface area contributed by atoms with Crippen LogP contribution in [-0.2, 0) is 11.3 Å². The maximum atomic E-state index is 12.5. The Morgan fingerprint density at radius 2 is 1.88 bits per heavy atom. The maximum absolute atomic E-state index is 12.5. The zero-order valence-corrected chi connectivity index (χ0v) is 14.5. The molecule has 0 bridgehead atoms. The van der Waals surface area contributed by atoms with Crippen LogP contribution in [0.4, 0.5) is 5.69 Å². The number of pyridine rings is 1. The molecule has 128 valence electrons. The Bertz CT molecular complexity index is 1010. The number of carbonyl (C=O) groups excluding carboxylic acids is 1. The second kappa shape index (κ2) is 6.81. The van der Waals surface area contributed by atoms with Crippen LogP contribution in [0.2, 0.25) is 0 Å². The first-order chi connectivity index (χ1) is 12.0. The molecule has 0 atom stereocenters. The molecule has 0 aliphatic rings. The van der Waals surface area contributed by atoms with E-state index < -0.39 is 0 Å². The molecule has 0 saturated heterocycles. The Labute approximate surface area is 145 Å². The number of anilines is 1. The highest BCUT2D eigenvalue weighted by molar-refractivity contribution is 5.92. The van der Waals surface area contributed by atoms with Gasteiger partial charge in [0.1, 0.15) is 12.3 Å². The molecule has 3 rings (SSSR count). The fourth-order valence-corrected chi connectivity index (χ4v) is 2.99. The molecule has 25 heavy (non-hydrogen) atoms. The third-order valence-electron chi connectivity index (χ3n) is 4.19. The summed E-state index contributed by atoms with van der Waals surface area (Å²) >= 11 is 0. The highest BCUT2D eigenvalue weighted by Gasteiger charge is 2.12. The lowest BCUT2D eigenvalue weighted by atomic mass is 10.1. The Balaban J connectivity index is 1.95. The Hall–Kier alpha value is -3.08. The van der Waals surface area contributed by atoms with Gasteiger partial charge < -0.3 is 14.6 Å². The van der Waals surface area contributed by atoms with Crippen molar-refractivity contribution in [1.82, 2.24) is 4.57 Å². The van der Waals surface area contributed by atoms with E-state index in [4.69, 9.17) is 4.74 Å². The summed E-state index contributed by atoms with van der Waals surface area (Å²) in [5, 5.41) is 3.50. The molecule has 3 aromatic rings. The van der Waals surface area contributed by atoms with Crippen molar-refractivity contribution in [3.05, 3.63) is 70.0 Å². The third-order valence-corrected chi connectivity index (χ3v) is 4.19. The van der Waals surface area contributed by atoms with Crippen molar-refractivity contribution < 1.29 is 9.53 Å². The first-order valence-corrected chi connectivity index (χ1v) is 8.03. The molecule has 0 unspecified atom stereocenters. The summed E-state index contributed by atoms with van der Waals surface area (Å²) in [7, 11) is 1.58. The summed E-state index contributed by atoms with van der Waals surface area (Å²) in [5.74, 6) is 0.517. The molecule has 0 fully saturated rings. The van der Waals surface area contributed by atoms with Crippen LogP contribution < -0.4 is 15.5 Å². The van der Waals surface area contributed by atoms with Crippen LogP contribution >= 0.6 is 0 Å². The quantitative estimate of drug-likeness (QED) is 0.795. The monoisotopic (exact) mass is 336 g/mol. The fraction of sp³-hybridized carbons (Fsp3) is 0.200. The van der Waals surface area contributed by atoms with E-state index >= 15 is 0 Å². The van der Waals surface area contributed by atoms with E-state index in [1.54, 1.807) is 25.3 Å². The number of carbonyl (C=O) groups is 1. The molecule has 1 N–H and O–H groups in total. The molecule has 1 aromatic heterocycles. The van der Waals surface area contributed by atoms with Crippen LogP contribution in [0.15, 0.2) is 53.3 Å². The molecule has 2 aromatic carbocycles. The minimum atomic E-state index is -0.162. The lowest BCUT2D eigenvalue weighted by Crippen LogP contribution is -2.22. The standard InChI is InChI=1S/C20H20N2O3/c1-13-6-4-9-17-18(23)10-14(2)22(20(13)17)12-19(24)21-15-7-5-8-16(11-15)25-3/h4-11H,12H2,1-3H3,(H,21,24). The smallest absolute Gasteiger partial charge is 0.244 e.